The smallest absolute Gasteiger partial charge is 0.263 e. The first kappa shape index (κ1) is 22.0. The van der Waals surface area contributed by atoms with Gasteiger partial charge in [0.05, 0.1) is 38.7 Å². The molecule has 10 heteroatoms. The Morgan fingerprint density at radius 3 is 2.53 bits per heavy atom. The summed E-state index contributed by atoms with van der Waals surface area (Å²) in [4.78, 5) is 12.9. The van der Waals surface area contributed by atoms with E-state index in [-0.39, 0.29) is 18.3 Å². The first-order chi connectivity index (χ1) is 14.1. The molecule has 1 amide bonds. The summed E-state index contributed by atoms with van der Waals surface area (Å²) in [6.45, 7) is 1.65. The number of hydrogen-bond acceptors (Lipinski definition) is 6. The van der Waals surface area contributed by atoms with Crippen molar-refractivity contribution in [2.75, 3.05) is 31.3 Å². The predicted octanol–water partition coefficient (Wildman–Crippen LogP) is 2.76. The molecule has 0 aromatic heterocycles. The molecule has 1 N–H and O–H groups in total. The number of amides is 1. The van der Waals surface area contributed by atoms with Gasteiger partial charge in [-0.2, -0.15) is 0 Å². The van der Waals surface area contributed by atoms with Gasteiger partial charge < -0.3 is 19.5 Å². The number of anilines is 1. The minimum atomic E-state index is -3.64. The van der Waals surface area contributed by atoms with Crippen LogP contribution in [0.1, 0.15) is 18.5 Å². The lowest BCUT2D eigenvalue weighted by Crippen LogP contribution is -2.50. The Hall–Kier alpha value is -2.65. The molecule has 0 saturated carbocycles. The number of sulfonamides is 1. The van der Waals surface area contributed by atoms with Crippen molar-refractivity contribution < 1.29 is 27.4 Å². The highest BCUT2D eigenvalue weighted by Crippen LogP contribution is 2.37. The largest absolute Gasteiger partial charge is 0.493 e. The van der Waals surface area contributed by atoms with Gasteiger partial charge in [0.15, 0.2) is 17.6 Å². The van der Waals surface area contributed by atoms with Gasteiger partial charge in [0.25, 0.3) is 5.91 Å². The molecule has 1 aliphatic rings. The number of rotatable bonds is 6. The molecule has 8 nitrogen and oxygen atoms in total. The first-order valence-corrected chi connectivity index (χ1v) is 11.3. The second-order valence-corrected chi connectivity index (χ2v) is 9.20. The molecule has 0 saturated heterocycles. The van der Waals surface area contributed by atoms with Gasteiger partial charge in [0.1, 0.15) is 5.75 Å². The lowest BCUT2D eigenvalue weighted by molar-refractivity contribution is -0.128. The van der Waals surface area contributed by atoms with Gasteiger partial charge in [-0.3, -0.25) is 9.10 Å². The van der Waals surface area contributed by atoms with Crippen molar-refractivity contribution in [1.82, 2.24) is 5.32 Å². The number of hydrogen-bond donors (Lipinski definition) is 1. The summed E-state index contributed by atoms with van der Waals surface area (Å²) in [7, 11) is -0.560. The highest BCUT2D eigenvalue weighted by Gasteiger charge is 2.35. The zero-order valence-electron chi connectivity index (χ0n) is 17.0. The van der Waals surface area contributed by atoms with Gasteiger partial charge in [-0.15, -0.1) is 0 Å². The van der Waals surface area contributed by atoms with Crippen LogP contribution in [0.3, 0.4) is 0 Å². The quantitative estimate of drug-likeness (QED) is 0.721. The highest BCUT2D eigenvalue weighted by molar-refractivity contribution is 7.92. The van der Waals surface area contributed by atoms with Crippen molar-refractivity contribution in [1.29, 1.82) is 0 Å². The van der Waals surface area contributed by atoms with Crippen molar-refractivity contribution in [3.05, 3.63) is 47.0 Å². The van der Waals surface area contributed by atoms with Crippen molar-refractivity contribution in [2.24, 2.45) is 0 Å². The standard InChI is InChI=1S/C20H23ClN2O6S/c1-12(13-5-7-17(27-2)18(9-13)28-3)22-20(24)19-11-23(30(4,25)26)15-10-14(21)6-8-16(15)29-19/h5-10,12,19H,11H2,1-4H3,(H,22,24)/t12-,19+/m0/s1. The highest BCUT2D eigenvalue weighted by atomic mass is 35.5. The summed E-state index contributed by atoms with van der Waals surface area (Å²) in [6.07, 6.45) is 0.0560. The fourth-order valence-electron chi connectivity index (χ4n) is 3.19. The second kappa shape index (κ2) is 8.61. The number of carbonyl (C=O) groups excluding carboxylic acids is 1. The molecule has 0 aliphatic carbocycles. The fourth-order valence-corrected chi connectivity index (χ4v) is 4.26. The number of nitrogens with zero attached hydrogens (tertiary/aromatic N) is 1. The van der Waals surface area contributed by atoms with E-state index in [1.807, 2.05) is 13.0 Å². The molecular weight excluding hydrogens is 432 g/mol. The number of nitrogens with one attached hydrogen (secondary N) is 1. The monoisotopic (exact) mass is 454 g/mol. The summed E-state index contributed by atoms with van der Waals surface area (Å²) in [5.41, 5.74) is 1.10. The first-order valence-electron chi connectivity index (χ1n) is 9.10. The van der Waals surface area contributed by atoms with Crippen LogP contribution >= 0.6 is 11.6 Å². The fraction of sp³-hybridized carbons (Fsp3) is 0.350. The van der Waals surface area contributed by atoms with E-state index in [0.29, 0.717) is 22.2 Å². The van der Waals surface area contributed by atoms with E-state index in [1.165, 1.54) is 13.2 Å². The average molecular weight is 455 g/mol. The Labute approximate surface area is 180 Å². The molecular formula is C20H23ClN2O6S. The lowest BCUT2D eigenvalue weighted by Gasteiger charge is -2.34. The van der Waals surface area contributed by atoms with Crippen LogP contribution in [0, 0.1) is 0 Å². The van der Waals surface area contributed by atoms with E-state index >= 15 is 0 Å². The third-order valence-corrected chi connectivity index (χ3v) is 6.13. The van der Waals surface area contributed by atoms with Crippen LogP contribution < -0.4 is 23.8 Å². The molecule has 2 aromatic carbocycles. The normalized spacial score (nSPS) is 16.8. The van der Waals surface area contributed by atoms with Crippen molar-refractivity contribution in [3.8, 4) is 17.2 Å². The van der Waals surface area contributed by atoms with Crippen LogP contribution in [-0.2, 0) is 14.8 Å². The third kappa shape index (κ3) is 4.57. The maximum Gasteiger partial charge on any atom is 0.263 e. The number of carbonyl (C=O) groups is 1. The van der Waals surface area contributed by atoms with Crippen LogP contribution in [0.15, 0.2) is 36.4 Å². The van der Waals surface area contributed by atoms with Gasteiger partial charge in [0, 0.05) is 5.02 Å². The van der Waals surface area contributed by atoms with Crippen LogP contribution in [0.5, 0.6) is 17.2 Å². The molecule has 1 aliphatic heterocycles. The van der Waals surface area contributed by atoms with E-state index < -0.39 is 22.0 Å². The molecule has 1 heterocycles. The molecule has 2 atom stereocenters. The summed E-state index contributed by atoms with van der Waals surface area (Å²) in [5.74, 6) is 0.954. The topological polar surface area (TPSA) is 94.2 Å². The summed E-state index contributed by atoms with van der Waals surface area (Å²) in [6, 6.07) is 9.58. The second-order valence-electron chi connectivity index (χ2n) is 6.86. The molecule has 0 radical (unpaired) electrons. The Morgan fingerprint density at radius 2 is 1.90 bits per heavy atom. The molecule has 0 spiro atoms. The lowest BCUT2D eigenvalue weighted by atomic mass is 10.1. The number of ether oxygens (including phenoxy) is 3. The molecule has 3 rings (SSSR count). The Morgan fingerprint density at radius 1 is 1.20 bits per heavy atom. The number of fused-ring (bicyclic) bond motifs is 1. The Balaban J connectivity index is 1.81. The molecule has 30 heavy (non-hydrogen) atoms. The Bertz CT molecular complexity index is 1060. The number of benzene rings is 2. The van der Waals surface area contributed by atoms with Crippen LogP contribution in [0.25, 0.3) is 0 Å². The van der Waals surface area contributed by atoms with E-state index in [0.717, 1.165) is 16.1 Å². The van der Waals surface area contributed by atoms with E-state index in [4.69, 9.17) is 25.8 Å². The summed E-state index contributed by atoms with van der Waals surface area (Å²) < 4.78 is 42.0. The van der Waals surface area contributed by atoms with Crippen molar-refractivity contribution >= 4 is 33.2 Å². The van der Waals surface area contributed by atoms with Crippen LogP contribution in [-0.4, -0.2) is 47.4 Å². The zero-order chi connectivity index (χ0) is 22.1. The van der Waals surface area contributed by atoms with Crippen LogP contribution in [0.2, 0.25) is 5.02 Å². The van der Waals surface area contributed by atoms with E-state index in [9.17, 15) is 13.2 Å². The van der Waals surface area contributed by atoms with E-state index in [2.05, 4.69) is 5.32 Å². The van der Waals surface area contributed by atoms with E-state index in [1.54, 1.807) is 31.4 Å². The minimum Gasteiger partial charge on any atom is -0.493 e. The zero-order valence-corrected chi connectivity index (χ0v) is 18.6. The molecule has 0 bridgehead atoms. The molecule has 2 aromatic rings. The minimum absolute atomic E-state index is 0.156. The molecule has 162 valence electrons. The Kier molecular flexibility index (Phi) is 6.33. The molecule has 0 unspecified atom stereocenters. The van der Waals surface area contributed by atoms with Crippen LogP contribution in [0.4, 0.5) is 5.69 Å². The average Bonchev–Trinajstić information content (AvgIpc) is 2.71. The molecule has 0 fully saturated rings. The van der Waals surface area contributed by atoms with Gasteiger partial charge in [-0.25, -0.2) is 8.42 Å². The third-order valence-electron chi connectivity index (χ3n) is 4.75. The van der Waals surface area contributed by atoms with Gasteiger partial charge in [0.2, 0.25) is 10.0 Å². The van der Waals surface area contributed by atoms with Gasteiger partial charge in [-0.1, -0.05) is 17.7 Å². The maximum atomic E-state index is 12.9. The maximum absolute atomic E-state index is 12.9. The summed E-state index contributed by atoms with van der Waals surface area (Å²) >= 11 is 6.00. The number of halogens is 1. The van der Waals surface area contributed by atoms with Gasteiger partial charge >= 0.3 is 0 Å². The predicted molar refractivity (Wildman–Crippen MR) is 114 cm³/mol. The van der Waals surface area contributed by atoms with Crippen molar-refractivity contribution in [2.45, 2.75) is 19.1 Å². The SMILES string of the molecule is COc1ccc([C@H](C)NC(=O)[C@H]2CN(S(C)(=O)=O)c3cc(Cl)ccc3O2)cc1OC. The van der Waals surface area contributed by atoms with Crippen molar-refractivity contribution in [3.63, 3.8) is 0 Å². The summed E-state index contributed by atoms with van der Waals surface area (Å²) in [5, 5.41) is 3.23. The number of methoxy groups -OCH3 is 2. The van der Waals surface area contributed by atoms with Gasteiger partial charge in [-0.05, 0) is 42.8 Å².